The van der Waals surface area contributed by atoms with Crippen molar-refractivity contribution < 1.29 is 28.9 Å². The van der Waals surface area contributed by atoms with E-state index in [0.717, 1.165) is 5.56 Å². The summed E-state index contributed by atoms with van der Waals surface area (Å²) in [7, 11) is 1.60. The van der Waals surface area contributed by atoms with Gasteiger partial charge < -0.3 is 29.1 Å². The first-order valence-corrected chi connectivity index (χ1v) is 10.8. The summed E-state index contributed by atoms with van der Waals surface area (Å²) in [6.07, 6.45) is 0.187. The number of carbonyl (C=O) groups excluding carboxylic acids is 2. The highest BCUT2D eigenvalue weighted by atomic mass is 16.5. The van der Waals surface area contributed by atoms with Crippen molar-refractivity contribution in [3.63, 3.8) is 0 Å². The quantitative estimate of drug-likeness (QED) is 0.738. The van der Waals surface area contributed by atoms with Crippen LogP contribution in [0.25, 0.3) is 0 Å². The Balaban J connectivity index is 1.63. The summed E-state index contributed by atoms with van der Waals surface area (Å²) < 4.78 is 17.0. The fourth-order valence-electron chi connectivity index (χ4n) is 4.39. The number of methoxy groups -OCH3 is 1. The number of ether oxygens (including phenoxy) is 3. The first kappa shape index (κ1) is 22.0. The number of aliphatic hydroxyl groups is 1. The van der Waals surface area contributed by atoms with Crippen molar-refractivity contribution in [3.8, 4) is 17.2 Å². The zero-order valence-corrected chi connectivity index (χ0v) is 18.1. The van der Waals surface area contributed by atoms with Gasteiger partial charge in [0.05, 0.1) is 26.4 Å². The standard InChI is InChI=1S/C24H28N2O6/c1-30-19-7-8-20-21(13-19)32-15-17-14-25(11-12-27)22(28)9-10-26(24(17)20)23(29)16-31-18-5-3-2-4-6-18/h2-8,13,17,24,27H,9-12,14-16H2,1H3/t17-,24-/m0/s1. The van der Waals surface area contributed by atoms with E-state index in [-0.39, 0.29) is 56.5 Å². The minimum Gasteiger partial charge on any atom is -0.497 e. The van der Waals surface area contributed by atoms with Crippen molar-refractivity contribution in [2.24, 2.45) is 5.92 Å². The molecule has 2 atom stereocenters. The Morgan fingerprint density at radius 3 is 2.75 bits per heavy atom. The summed E-state index contributed by atoms with van der Waals surface area (Å²) in [5, 5.41) is 9.41. The average Bonchev–Trinajstić information content (AvgIpc) is 2.82. The zero-order chi connectivity index (χ0) is 22.5. The molecule has 2 aromatic rings. The van der Waals surface area contributed by atoms with Gasteiger partial charge in [-0.05, 0) is 24.3 Å². The van der Waals surface area contributed by atoms with Crippen LogP contribution in [-0.2, 0) is 9.59 Å². The fourth-order valence-corrected chi connectivity index (χ4v) is 4.39. The molecule has 4 rings (SSSR count). The SMILES string of the molecule is COc1ccc2c(c1)OC[C@@H]1CN(CCO)C(=O)CCN(C(=O)COc3ccccc3)[C@H]21. The van der Waals surface area contributed by atoms with Crippen LogP contribution in [0.15, 0.2) is 48.5 Å². The van der Waals surface area contributed by atoms with Crippen LogP contribution >= 0.6 is 0 Å². The molecule has 170 valence electrons. The van der Waals surface area contributed by atoms with Gasteiger partial charge in [0.1, 0.15) is 17.2 Å². The highest BCUT2D eigenvalue weighted by molar-refractivity contribution is 5.81. The molecule has 0 radical (unpaired) electrons. The van der Waals surface area contributed by atoms with Crippen molar-refractivity contribution in [2.45, 2.75) is 12.5 Å². The maximum atomic E-state index is 13.3. The van der Waals surface area contributed by atoms with Crippen LogP contribution in [-0.4, -0.2) is 73.3 Å². The third-order valence-electron chi connectivity index (χ3n) is 5.94. The van der Waals surface area contributed by atoms with E-state index in [0.29, 0.717) is 30.4 Å². The second kappa shape index (κ2) is 9.91. The van der Waals surface area contributed by atoms with Gasteiger partial charge in [-0.1, -0.05) is 18.2 Å². The molecular weight excluding hydrogens is 412 g/mol. The fraction of sp³-hybridized carbons (Fsp3) is 0.417. The van der Waals surface area contributed by atoms with Crippen molar-refractivity contribution in [1.29, 1.82) is 0 Å². The number of carbonyl (C=O) groups is 2. The highest BCUT2D eigenvalue weighted by Crippen LogP contribution is 2.42. The van der Waals surface area contributed by atoms with Gasteiger partial charge in [0.2, 0.25) is 5.91 Å². The highest BCUT2D eigenvalue weighted by Gasteiger charge is 2.41. The van der Waals surface area contributed by atoms with Gasteiger partial charge >= 0.3 is 0 Å². The maximum absolute atomic E-state index is 13.3. The molecule has 2 aliphatic heterocycles. The Bertz CT molecular complexity index is 951. The predicted molar refractivity (Wildman–Crippen MR) is 117 cm³/mol. The Morgan fingerprint density at radius 1 is 1.19 bits per heavy atom. The first-order chi connectivity index (χ1) is 15.6. The lowest BCUT2D eigenvalue weighted by molar-refractivity contribution is -0.144. The van der Waals surface area contributed by atoms with Gasteiger partial charge in [0, 0.05) is 43.6 Å². The summed E-state index contributed by atoms with van der Waals surface area (Å²) in [5.41, 5.74) is 0.883. The Labute approximate surface area is 187 Å². The summed E-state index contributed by atoms with van der Waals surface area (Å²) in [4.78, 5) is 29.4. The maximum Gasteiger partial charge on any atom is 0.261 e. The second-order valence-corrected chi connectivity index (χ2v) is 7.92. The molecule has 8 heteroatoms. The van der Waals surface area contributed by atoms with Gasteiger partial charge in [-0.3, -0.25) is 9.59 Å². The molecule has 0 aliphatic carbocycles. The summed E-state index contributed by atoms with van der Waals surface area (Å²) in [5.74, 6) is 1.57. The molecule has 2 amide bonds. The smallest absolute Gasteiger partial charge is 0.261 e. The van der Waals surface area contributed by atoms with Gasteiger partial charge in [0.15, 0.2) is 6.61 Å². The number of para-hydroxylation sites is 1. The van der Waals surface area contributed by atoms with Gasteiger partial charge in [-0.25, -0.2) is 0 Å². The predicted octanol–water partition coefficient (Wildman–Crippen LogP) is 1.88. The van der Waals surface area contributed by atoms with Crippen LogP contribution in [0.3, 0.4) is 0 Å². The molecule has 2 aliphatic rings. The van der Waals surface area contributed by atoms with Crippen molar-refractivity contribution in [2.75, 3.05) is 46.6 Å². The normalized spacial score (nSPS) is 20.4. The van der Waals surface area contributed by atoms with Crippen molar-refractivity contribution >= 4 is 11.8 Å². The van der Waals surface area contributed by atoms with Gasteiger partial charge in [-0.2, -0.15) is 0 Å². The van der Waals surface area contributed by atoms with E-state index in [2.05, 4.69) is 0 Å². The van der Waals surface area contributed by atoms with E-state index in [9.17, 15) is 14.7 Å². The van der Waals surface area contributed by atoms with E-state index in [4.69, 9.17) is 14.2 Å². The average molecular weight is 440 g/mol. The number of nitrogens with zero attached hydrogens (tertiary/aromatic N) is 2. The summed E-state index contributed by atoms with van der Waals surface area (Å²) in [6, 6.07) is 14.5. The largest absolute Gasteiger partial charge is 0.497 e. The van der Waals surface area contributed by atoms with Crippen LogP contribution in [0.1, 0.15) is 18.0 Å². The molecule has 2 heterocycles. The van der Waals surface area contributed by atoms with Gasteiger partial charge in [0.25, 0.3) is 5.91 Å². The molecule has 1 fully saturated rings. The number of β-amino-alcohol motifs (C(OH)–C–C–N with tert-alkyl or cyclic N) is 1. The van der Waals surface area contributed by atoms with Crippen LogP contribution in [0.2, 0.25) is 0 Å². The van der Waals surface area contributed by atoms with E-state index >= 15 is 0 Å². The summed E-state index contributed by atoms with van der Waals surface area (Å²) >= 11 is 0. The molecule has 0 unspecified atom stereocenters. The molecule has 2 aromatic carbocycles. The second-order valence-electron chi connectivity index (χ2n) is 7.92. The number of hydrogen-bond donors (Lipinski definition) is 1. The molecule has 0 aromatic heterocycles. The van der Waals surface area contributed by atoms with Crippen LogP contribution in [0.4, 0.5) is 0 Å². The molecule has 0 spiro atoms. The molecular formula is C24H28N2O6. The lowest BCUT2D eigenvalue weighted by Crippen LogP contribution is -2.52. The monoisotopic (exact) mass is 440 g/mol. The molecule has 1 saturated heterocycles. The molecule has 1 N–H and O–H groups in total. The molecule has 32 heavy (non-hydrogen) atoms. The molecule has 0 bridgehead atoms. The Kier molecular flexibility index (Phi) is 6.80. The summed E-state index contributed by atoms with van der Waals surface area (Å²) in [6.45, 7) is 1.06. The Hall–Kier alpha value is -3.26. The number of aliphatic hydroxyl groups excluding tert-OH is 1. The topological polar surface area (TPSA) is 88.5 Å². The van der Waals surface area contributed by atoms with Crippen LogP contribution in [0, 0.1) is 5.92 Å². The number of benzene rings is 2. The minimum atomic E-state index is -0.272. The van der Waals surface area contributed by atoms with E-state index in [1.165, 1.54) is 0 Å². The van der Waals surface area contributed by atoms with E-state index < -0.39 is 0 Å². The van der Waals surface area contributed by atoms with Gasteiger partial charge in [-0.15, -0.1) is 0 Å². The van der Waals surface area contributed by atoms with Crippen LogP contribution < -0.4 is 14.2 Å². The van der Waals surface area contributed by atoms with E-state index in [1.807, 2.05) is 36.4 Å². The van der Waals surface area contributed by atoms with Crippen molar-refractivity contribution in [3.05, 3.63) is 54.1 Å². The number of fused-ring (bicyclic) bond motifs is 3. The zero-order valence-electron chi connectivity index (χ0n) is 18.1. The van der Waals surface area contributed by atoms with E-state index in [1.54, 1.807) is 29.0 Å². The minimum absolute atomic E-state index is 0.0835. The third kappa shape index (κ3) is 4.65. The lowest BCUT2D eigenvalue weighted by Gasteiger charge is -2.44. The number of amides is 2. The number of hydrogen-bond acceptors (Lipinski definition) is 6. The van der Waals surface area contributed by atoms with Crippen LogP contribution in [0.5, 0.6) is 17.2 Å². The number of rotatable bonds is 6. The molecule has 8 nitrogen and oxygen atoms in total. The first-order valence-electron chi connectivity index (χ1n) is 10.8. The third-order valence-corrected chi connectivity index (χ3v) is 5.94. The Morgan fingerprint density at radius 2 is 2.00 bits per heavy atom. The molecule has 0 saturated carbocycles. The van der Waals surface area contributed by atoms with Crippen molar-refractivity contribution in [1.82, 2.24) is 9.80 Å². The lowest BCUT2D eigenvalue weighted by atomic mass is 9.87.